The number of amides is 2. The molecule has 2 aliphatic rings. The van der Waals surface area contributed by atoms with Crippen LogP contribution in [0.1, 0.15) is 59.8 Å². The summed E-state index contributed by atoms with van der Waals surface area (Å²) >= 11 is 6.20. The van der Waals surface area contributed by atoms with Gasteiger partial charge < -0.3 is 15.0 Å². The Morgan fingerprint density at radius 1 is 1.12 bits per heavy atom. The average molecular weight is 359 g/mol. The molecule has 2 amide bonds. The molecule has 138 valence electrons. The number of hydrogen-bond donors (Lipinski definition) is 1. The van der Waals surface area contributed by atoms with Crippen LogP contribution in [0.5, 0.6) is 0 Å². The molecule has 0 aromatic heterocycles. The topological polar surface area (TPSA) is 58.6 Å². The van der Waals surface area contributed by atoms with E-state index in [1.807, 2.05) is 20.8 Å². The van der Waals surface area contributed by atoms with Gasteiger partial charge in [-0.25, -0.2) is 4.79 Å². The first-order chi connectivity index (χ1) is 11.2. The number of nitrogens with one attached hydrogen (secondary N) is 1. The van der Waals surface area contributed by atoms with Crippen molar-refractivity contribution in [2.24, 2.45) is 11.8 Å². The Balaban J connectivity index is 1.86. The van der Waals surface area contributed by atoms with Crippen molar-refractivity contribution in [3.63, 3.8) is 0 Å². The predicted molar refractivity (Wildman–Crippen MR) is 95.1 cm³/mol. The molecule has 2 fully saturated rings. The van der Waals surface area contributed by atoms with Crippen molar-refractivity contribution in [2.75, 3.05) is 13.1 Å². The lowest BCUT2D eigenvalue weighted by Crippen LogP contribution is -2.43. The summed E-state index contributed by atoms with van der Waals surface area (Å²) in [5.41, 5.74) is -0.500. The van der Waals surface area contributed by atoms with E-state index in [0.717, 1.165) is 32.1 Å². The minimum atomic E-state index is -0.500. The fraction of sp³-hybridized carbons (Fsp3) is 0.889. The predicted octanol–water partition coefficient (Wildman–Crippen LogP) is 3.55. The Bertz CT molecular complexity index is 464. The first-order valence-electron chi connectivity index (χ1n) is 9.08. The average Bonchev–Trinajstić information content (AvgIpc) is 2.67. The van der Waals surface area contributed by atoms with Gasteiger partial charge >= 0.3 is 6.09 Å². The molecule has 4 atom stereocenters. The van der Waals surface area contributed by atoms with Crippen molar-refractivity contribution in [3.05, 3.63) is 0 Å². The van der Waals surface area contributed by atoms with Gasteiger partial charge in [0.2, 0.25) is 5.91 Å². The summed E-state index contributed by atoms with van der Waals surface area (Å²) in [6, 6.07) is 0.0000647. The summed E-state index contributed by atoms with van der Waals surface area (Å²) in [4.78, 5) is 26.5. The molecule has 1 saturated carbocycles. The van der Waals surface area contributed by atoms with Crippen molar-refractivity contribution >= 4 is 23.6 Å². The monoisotopic (exact) mass is 358 g/mol. The Morgan fingerprint density at radius 2 is 1.83 bits per heavy atom. The van der Waals surface area contributed by atoms with E-state index in [9.17, 15) is 9.59 Å². The summed E-state index contributed by atoms with van der Waals surface area (Å²) in [6.07, 6.45) is 4.38. The second-order valence-electron chi connectivity index (χ2n) is 8.28. The van der Waals surface area contributed by atoms with Gasteiger partial charge in [-0.15, -0.1) is 11.6 Å². The van der Waals surface area contributed by atoms with Crippen LogP contribution in [0.4, 0.5) is 4.79 Å². The Kier molecular flexibility index (Phi) is 6.40. The molecule has 1 aliphatic carbocycles. The molecule has 1 N–H and O–H groups in total. The van der Waals surface area contributed by atoms with Gasteiger partial charge in [0.05, 0.1) is 6.04 Å². The van der Waals surface area contributed by atoms with E-state index in [1.54, 1.807) is 4.90 Å². The highest BCUT2D eigenvalue weighted by Gasteiger charge is 2.36. The molecular weight excluding hydrogens is 328 g/mol. The lowest BCUT2D eigenvalue weighted by atomic mass is 9.98. The maximum atomic E-state index is 12.6. The van der Waals surface area contributed by atoms with Crippen molar-refractivity contribution in [1.82, 2.24) is 10.2 Å². The largest absolute Gasteiger partial charge is 0.444 e. The van der Waals surface area contributed by atoms with E-state index in [0.29, 0.717) is 13.1 Å². The summed E-state index contributed by atoms with van der Waals surface area (Å²) in [5, 5.41) is 3.36. The normalized spacial score (nSPS) is 31.5. The summed E-state index contributed by atoms with van der Waals surface area (Å²) in [6.45, 7) is 8.79. The van der Waals surface area contributed by atoms with Crippen LogP contribution in [-0.2, 0) is 9.53 Å². The highest BCUT2D eigenvalue weighted by molar-refractivity contribution is 6.20. The first kappa shape index (κ1) is 19.4. The fourth-order valence-electron chi connectivity index (χ4n) is 3.45. The lowest BCUT2D eigenvalue weighted by molar-refractivity contribution is -0.126. The minimum absolute atomic E-state index is 0.0000647. The molecule has 2 unspecified atom stereocenters. The van der Waals surface area contributed by atoms with Crippen molar-refractivity contribution in [1.29, 1.82) is 0 Å². The molecule has 0 bridgehead atoms. The van der Waals surface area contributed by atoms with Crippen LogP contribution < -0.4 is 5.32 Å². The van der Waals surface area contributed by atoms with Gasteiger partial charge in [0, 0.05) is 24.4 Å². The molecule has 0 aromatic rings. The zero-order chi connectivity index (χ0) is 17.9. The Hall–Kier alpha value is -0.970. The zero-order valence-electron chi connectivity index (χ0n) is 15.3. The third-order valence-corrected chi connectivity index (χ3v) is 5.30. The van der Waals surface area contributed by atoms with Crippen LogP contribution in [0.2, 0.25) is 0 Å². The molecular formula is C18H31ClN2O3. The van der Waals surface area contributed by atoms with Gasteiger partial charge in [-0.1, -0.05) is 13.3 Å². The molecule has 2 rings (SSSR count). The van der Waals surface area contributed by atoms with E-state index in [2.05, 4.69) is 12.2 Å². The molecule has 1 saturated heterocycles. The number of halogens is 1. The second kappa shape index (κ2) is 7.94. The van der Waals surface area contributed by atoms with Crippen LogP contribution in [0.15, 0.2) is 0 Å². The van der Waals surface area contributed by atoms with Crippen molar-refractivity contribution in [3.8, 4) is 0 Å². The number of ether oxygens (including phenoxy) is 1. The third kappa shape index (κ3) is 5.54. The molecule has 0 radical (unpaired) electrons. The number of carbonyl (C=O) groups is 2. The van der Waals surface area contributed by atoms with Gasteiger partial charge in [-0.2, -0.15) is 0 Å². The van der Waals surface area contributed by atoms with E-state index < -0.39 is 5.60 Å². The fourth-order valence-corrected chi connectivity index (χ4v) is 3.73. The van der Waals surface area contributed by atoms with Gasteiger partial charge in [0.15, 0.2) is 0 Å². The van der Waals surface area contributed by atoms with Gasteiger partial charge in [0.25, 0.3) is 0 Å². The minimum Gasteiger partial charge on any atom is -0.444 e. The molecule has 24 heavy (non-hydrogen) atoms. The van der Waals surface area contributed by atoms with Crippen LogP contribution in [0.3, 0.4) is 0 Å². The quantitative estimate of drug-likeness (QED) is 0.606. The summed E-state index contributed by atoms with van der Waals surface area (Å²) in [7, 11) is 0. The van der Waals surface area contributed by atoms with Crippen molar-refractivity contribution in [2.45, 2.75) is 76.8 Å². The van der Waals surface area contributed by atoms with E-state index >= 15 is 0 Å². The molecule has 5 nitrogen and oxygen atoms in total. The Morgan fingerprint density at radius 3 is 2.50 bits per heavy atom. The van der Waals surface area contributed by atoms with Gasteiger partial charge in [-0.05, 0) is 52.4 Å². The number of nitrogens with zero attached hydrogens (tertiary/aromatic N) is 1. The number of alkyl halides is 1. The van der Waals surface area contributed by atoms with Crippen LogP contribution >= 0.6 is 11.6 Å². The maximum Gasteiger partial charge on any atom is 0.410 e. The number of carbonyl (C=O) groups excluding carboxylic acids is 2. The SMILES string of the molecule is C[C@H]1CN(C(=O)OC(C)(C)C)C[C@@H]1NC(=O)C1CCCC(Cl)CC1. The molecule has 0 aromatic carbocycles. The third-order valence-electron chi connectivity index (χ3n) is 4.86. The Labute approximate surface area is 150 Å². The smallest absolute Gasteiger partial charge is 0.410 e. The maximum absolute atomic E-state index is 12.6. The highest BCUT2D eigenvalue weighted by Crippen LogP contribution is 2.27. The molecule has 1 heterocycles. The number of hydrogen-bond acceptors (Lipinski definition) is 3. The van der Waals surface area contributed by atoms with E-state index in [-0.39, 0.29) is 35.3 Å². The molecule has 1 aliphatic heterocycles. The van der Waals surface area contributed by atoms with Crippen molar-refractivity contribution < 1.29 is 14.3 Å². The summed E-state index contributed by atoms with van der Waals surface area (Å²) in [5.74, 6) is 0.396. The number of likely N-dealkylation sites (tertiary alicyclic amines) is 1. The van der Waals surface area contributed by atoms with E-state index in [1.165, 1.54) is 0 Å². The van der Waals surface area contributed by atoms with E-state index in [4.69, 9.17) is 16.3 Å². The van der Waals surface area contributed by atoms with Crippen LogP contribution in [-0.4, -0.2) is 47.0 Å². The number of rotatable bonds is 2. The lowest BCUT2D eigenvalue weighted by Gasteiger charge is -2.24. The standard InChI is InChI=1S/C18H31ClN2O3/c1-12-10-21(17(23)24-18(2,3)4)11-15(12)20-16(22)13-6-5-7-14(19)9-8-13/h12-15H,5-11H2,1-4H3,(H,20,22)/t12-,13?,14?,15-/m0/s1. The van der Waals surface area contributed by atoms with Crippen LogP contribution in [0, 0.1) is 11.8 Å². The highest BCUT2D eigenvalue weighted by atomic mass is 35.5. The first-order valence-corrected chi connectivity index (χ1v) is 9.51. The molecule has 0 spiro atoms. The van der Waals surface area contributed by atoms with Crippen LogP contribution in [0.25, 0.3) is 0 Å². The second-order valence-corrected chi connectivity index (χ2v) is 8.90. The zero-order valence-corrected chi connectivity index (χ0v) is 16.1. The summed E-state index contributed by atoms with van der Waals surface area (Å²) < 4.78 is 5.43. The molecule has 6 heteroatoms. The van der Waals surface area contributed by atoms with Gasteiger partial charge in [-0.3, -0.25) is 4.79 Å². The van der Waals surface area contributed by atoms with Gasteiger partial charge in [0.1, 0.15) is 5.60 Å².